The lowest BCUT2D eigenvalue weighted by Crippen LogP contribution is -2.35. The van der Waals surface area contributed by atoms with Gasteiger partial charge in [-0.3, -0.25) is 10.1 Å². The van der Waals surface area contributed by atoms with Gasteiger partial charge in [0, 0.05) is 11.6 Å². The lowest BCUT2D eigenvalue weighted by Gasteiger charge is -2.26. The Hall–Kier alpha value is -4.63. The molecule has 9 heteroatoms. The van der Waals surface area contributed by atoms with Crippen LogP contribution in [0.2, 0.25) is 0 Å². The molecule has 0 radical (unpaired) electrons. The van der Waals surface area contributed by atoms with Gasteiger partial charge >= 0.3 is 12.1 Å². The first kappa shape index (κ1) is 26.0. The first-order chi connectivity index (χ1) is 17.5. The van der Waals surface area contributed by atoms with E-state index in [-0.39, 0.29) is 18.8 Å². The molecule has 186 valence electrons. The molecular formula is C27H25NO8. The van der Waals surface area contributed by atoms with Gasteiger partial charge in [-0.15, -0.1) is 0 Å². The zero-order valence-electron chi connectivity index (χ0n) is 19.2. The third-order valence-electron chi connectivity index (χ3n) is 4.80. The second-order valence-corrected chi connectivity index (χ2v) is 7.38. The lowest BCUT2D eigenvalue weighted by molar-refractivity contribution is -0.131. The van der Waals surface area contributed by atoms with Crippen LogP contribution in [0.15, 0.2) is 97.1 Å². The van der Waals surface area contributed by atoms with E-state index in [0.29, 0.717) is 17.1 Å². The Morgan fingerprint density at radius 3 is 2.11 bits per heavy atom. The number of carboxylic acid groups (broad SMARTS) is 1. The molecule has 0 spiro atoms. The molecule has 9 nitrogen and oxygen atoms in total. The van der Waals surface area contributed by atoms with Crippen molar-refractivity contribution in [2.24, 2.45) is 0 Å². The van der Waals surface area contributed by atoms with E-state index in [1.807, 2.05) is 0 Å². The maximum Gasteiger partial charge on any atom is 0.414 e. The van der Waals surface area contributed by atoms with E-state index in [2.05, 4.69) is 5.32 Å². The minimum Gasteiger partial charge on any atom is -0.491 e. The molecule has 0 heterocycles. The van der Waals surface area contributed by atoms with Crippen LogP contribution in [0.3, 0.4) is 0 Å². The molecule has 0 unspecified atom stereocenters. The van der Waals surface area contributed by atoms with Crippen molar-refractivity contribution in [3.8, 4) is 11.5 Å². The van der Waals surface area contributed by atoms with Crippen molar-refractivity contribution in [1.29, 1.82) is 0 Å². The monoisotopic (exact) mass is 491 g/mol. The number of alkyl carbamates (subject to hydrolysis) is 1. The molecule has 0 saturated carbocycles. The topological polar surface area (TPSA) is 131 Å². The molecule has 2 amide bonds. The van der Waals surface area contributed by atoms with Gasteiger partial charge in [0.1, 0.15) is 18.1 Å². The minimum atomic E-state index is -1.22. The number of benzene rings is 3. The number of amides is 2. The summed E-state index contributed by atoms with van der Waals surface area (Å²) in [6.07, 6.45) is -1.11. The highest BCUT2D eigenvalue weighted by Crippen LogP contribution is 2.28. The second-order valence-electron chi connectivity index (χ2n) is 7.38. The summed E-state index contributed by atoms with van der Waals surface area (Å²) in [7, 11) is 0. The fraction of sp³-hybridized carbons (Fsp3) is 0.148. The summed E-state index contributed by atoms with van der Waals surface area (Å²) in [6, 6.07) is 23.2. The fourth-order valence-electron chi connectivity index (χ4n) is 3.18. The second kappa shape index (κ2) is 13.3. The maximum atomic E-state index is 12.7. The number of imide groups is 1. The van der Waals surface area contributed by atoms with Gasteiger partial charge in [0.05, 0.1) is 6.61 Å². The number of carboxylic acids is 1. The van der Waals surface area contributed by atoms with Crippen LogP contribution in [-0.2, 0) is 9.53 Å². The summed E-state index contributed by atoms with van der Waals surface area (Å²) in [6.45, 7) is -0.0551. The van der Waals surface area contributed by atoms with E-state index in [1.54, 1.807) is 84.9 Å². The summed E-state index contributed by atoms with van der Waals surface area (Å²) in [5.41, 5.74) is 0.712. The SMILES string of the molecule is O=C(O)/C=C/[C@H](Oc1ccccc1)[C@@H](OC(=O)NC(=O)c1ccccc1)c1ccc(OCCO)cc1. The summed E-state index contributed by atoms with van der Waals surface area (Å²) in [5.74, 6) is -0.993. The predicted molar refractivity (Wildman–Crippen MR) is 130 cm³/mol. The van der Waals surface area contributed by atoms with Gasteiger partial charge in [-0.05, 0) is 48.0 Å². The molecule has 3 aromatic carbocycles. The normalized spacial score (nSPS) is 12.4. The van der Waals surface area contributed by atoms with E-state index in [9.17, 15) is 19.5 Å². The van der Waals surface area contributed by atoms with Crippen molar-refractivity contribution in [3.05, 3.63) is 108 Å². The maximum absolute atomic E-state index is 12.7. The summed E-state index contributed by atoms with van der Waals surface area (Å²) in [4.78, 5) is 36.4. The molecule has 0 aliphatic rings. The predicted octanol–water partition coefficient (Wildman–Crippen LogP) is 3.75. The number of rotatable bonds is 11. The van der Waals surface area contributed by atoms with E-state index in [1.165, 1.54) is 6.08 Å². The van der Waals surface area contributed by atoms with Crippen molar-refractivity contribution in [3.63, 3.8) is 0 Å². The molecule has 0 fully saturated rings. The number of hydrogen-bond acceptors (Lipinski definition) is 7. The molecule has 0 bridgehead atoms. The number of aliphatic hydroxyl groups is 1. The Morgan fingerprint density at radius 1 is 0.861 bits per heavy atom. The largest absolute Gasteiger partial charge is 0.491 e. The van der Waals surface area contributed by atoms with Crippen molar-refractivity contribution in [1.82, 2.24) is 5.32 Å². The summed E-state index contributed by atoms with van der Waals surface area (Å²) >= 11 is 0. The standard InChI is InChI=1S/C27H25NO8/c29-17-18-34-21-13-11-19(12-14-21)25(36-27(33)28-26(32)20-7-3-1-4-8-20)23(15-16-24(30)31)35-22-9-5-2-6-10-22/h1-16,23,25,29H,17-18H2,(H,30,31)(H,28,32,33)/b16-15+/t23-,25-/m0/s1. The van der Waals surface area contributed by atoms with Gasteiger partial charge in [0.25, 0.3) is 5.91 Å². The van der Waals surface area contributed by atoms with Crippen LogP contribution in [0.25, 0.3) is 0 Å². The molecular weight excluding hydrogens is 466 g/mol. The zero-order chi connectivity index (χ0) is 25.8. The Labute approximate surface area is 207 Å². The smallest absolute Gasteiger partial charge is 0.414 e. The number of para-hydroxylation sites is 1. The number of aliphatic carboxylic acids is 1. The average Bonchev–Trinajstić information content (AvgIpc) is 2.90. The van der Waals surface area contributed by atoms with E-state index < -0.39 is 30.2 Å². The van der Waals surface area contributed by atoms with Crippen molar-refractivity contribution in [2.75, 3.05) is 13.2 Å². The van der Waals surface area contributed by atoms with Crippen molar-refractivity contribution in [2.45, 2.75) is 12.2 Å². The number of ether oxygens (including phenoxy) is 3. The average molecular weight is 491 g/mol. The summed E-state index contributed by atoms with van der Waals surface area (Å²) < 4.78 is 16.9. The number of carbonyl (C=O) groups excluding carboxylic acids is 2. The number of hydrogen-bond donors (Lipinski definition) is 3. The highest BCUT2D eigenvalue weighted by molar-refractivity contribution is 6.02. The quantitative estimate of drug-likeness (QED) is 0.346. The molecule has 3 rings (SSSR count). The van der Waals surface area contributed by atoms with Gasteiger partial charge in [-0.2, -0.15) is 0 Å². The van der Waals surface area contributed by atoms with Crippen LogP contribution in [0.4, 0.5) is 4.79 Å². The third-order valence-corrected chi connectivity index (χ3v) is 4.80. The lowest BCUT2D eigenvalue weighted by atomic mass is 10.0. The minimum absolute atomic E-state index is 0.102. The van der Waals surface area contributed by atoms with Crippen molar-refractivity contribution >= 4 is 18.0 Å². The first-order valence-corrected chi connectivity index (χ1v) is 11.0. The molecule has 2 atom stereocenters. The molecule has 0 saturated heterocycles. The molecule has 0 aromatic heterocycles. The Balaban J connectivity index is 1.89. The molecule has 36 heavy (non-hydrogen) atoms. The molecule has 0 aliphatic carbocycles. The highest BCUT2D eigenvalue weighted by Gasteiger charge is 2.28. The summed E-state index contributed by atoms with van der Waals surface area (Å²) in [5, 5.41) is 20.3. The van der Waals surface area contributed by atoms with Crippen LogP contribution in [0.5, 0.6) is 11.5 Å². The van der Waals surface area contributed by atoms with Gasteiger partial charge in [0.15, 0.2) is 12.2 Å². The van der Waals surface area contributed by atoms with Crippen LogP contribution in [0, 0.1) is 0 Å². The van der Waals surface area contributed by atoms with Crippen LogP contribution >= 0.6 is 0 Å². The number of aliphatic hydroxyl groups excluding tert-OH is 1. The number of carbonyl (C=O) groups is 3. The van der Waals surface area contributed by atoms with E-state index >= 15 is 0 Å². The molecule has 3 aromatic rings. The Kier molecular flexibility index (Phi) is 9.60. The van der Waals surface area contributed by atoms with Gasteiger partial charge < -0.3 is 24.4 Å². The van der Waals surface area contributed by atoms with Crippen LogP contribution in [0.1, 0.15) is 22.0 Å². The third kappa shape index (κ3) is 8.00. The fourth-order valence-corrected chi connectivity index (χ4v) is 3.18. The van der Waals surface area contributed by atoms with E-state index in [0.717, 1.165) is 6.08 Å². The molecule has 3 N–H and O–H groups in total. The number of nitrogens with one attached hydrogen (secondary N) is 1. The van der Waals surface area contributed by atoms with Crippen LogP contribution < -0.4 is 14.8 Å². The van der Waals surface area contributed by atoms with Crippen molar-refractivity contribution < 1.29 is 38.8 Å². The van der Waals surface area contributed by atoms with Crippen LogP contribution in [-0.4, -0.2) is 47.5 Å². The van der Waals surface area contributed by atoms with Gasteiger partial charge in [-0.25, -0.2) is 9.59 Å². The van der Waals surface area contributed by atoms with E-state index in [4.69, 9.17) is 19.3 Å². The van der Waals surface area contributed by atoms with Gasteiger partial charge in [0.2, 0.25) is 0 Å². The first-order valence-electron chi connectivity index (χ1n) is 11.0. The molecule has 0 aliphatic heterocycles. The zero-order valence-corrected chi connectivity index (χ0v) is 19.2. The Bertz CT molecular complexity index is 1160. The van der Waals surface area contributed by atoms with Gasteiger partial charge in [-0.1, -0.05) is 48.5 Å². The highest BCUT2D eigenvalue weighted by atomic mass is 16.6. The Morgan fingerprint density at radius 2 is 1.50 bits per heavy atom.